The molecule has 0 aliphatic heterocycles. The number of benzene rings is 1. The Labute approximate surface area is 159 Å². The van der Waals surface area contributed by atoms with Gasteiger partial charge in [-0.2, -0.15) is 18.3 Å². The highest BCUT2D eigenvalue weighted by atomic mass is 127. The maximum absolute atomic E-state index is 13.1. The Hall–Kier alpha value is -1.85. The summed E-state index contributed by atoms with van der Waals surface area (Å²) in [6.45, 7) is 2.55. The molecule has 1 aromatic carbocycles. The zero-order chi connectivity index (χ0) is 17.6. The number of aromatic nitrogens is 2. The molecule has 10 heteroatoms. The summed E-state index contributed by atoms with van der Waals surface area (Å²) < 4.78 is 52.0. The molecule has 0 radical (unpaired) electrons. The van der Waals surface area contributed by atoms with Crippen molar-refractivity contribution in [3.8, 4) is 0 Å². The second kappa shape index (κ2) is 9.59. The predicted octanol–water partition coefficient (Wildman–Crippen LogP) is 3.44. The second-order valence-corrected chi connectivity index (χ2v) is 4.93. The fourth-order valence-corrected chi connectivity index (χ4v) is 2.02. The van der Waals surface area contributed by atoms with E-state index >= 15 is 0 Å². The van der Waals surface area contributed by atoms with Gasteiger partial charge in [-0.3, -0.25) is 5.10 Å². The highest BCUT2D eigenvalue weighted by molar-refractivity contribution is 14.0. The summed E-state index contributed by atoms with van der Waals surface area (Å²) in [5.41, 5.74) is -0.309. The van der Waals surface area contributed by atoms with Crippen LogP contribution in [0.5, 0.6) is 0 Å². The SMILES string of the molecule is CCNC(=NCc1ccc(F)cc1C(F)(F)F)NCc1ccn[nH]1.I. The number of halogens is 5. The molecular weight excluding hydrogens is 453 g/mol. The number of rotatable bonds is 5. The third-order valence-corrected chi connectivity index (χ3v) is 3.13. The number of nitrogens with zero attached hydrogens (tertiary/aromatic N) is 2. The van der Waals surface area contributed by atoms with E-state index in [0.29, 0.717) is 25.1 Å². The number of alkyl halides is 3. The molecule has 0 saturated carbocycles. The summed E-state index contributed by atoms with van der Waals surface area (Å²) in [7, 11) is 0. The van der Waals surface area contributed by atoms with Crippen LogP contribution in [0, 0.1) is 5.82 Å². The highest BCUT2D eigenvalue weighted by Crippen LogP contribution is 2.32. The van der Waals surface area contributed by atoms with E-state index in [-0.39, 0.29) is 36.1 Å². The molecule has 25 heavy (non-hydrogen) atoms. The lowest BCUT2D eigenvalue weighted by molar-refractivity contribution is -0.138. The minimum absolute atomic E-state index is 0. The van der Waals surface area contributed by atoms with Crippen LogP contribution in [0.25, 0.3) is 0 Å². The molecule has 2 aromatic rings. The van der Waals surface area contributed by atoms with Gasteiger partial charge in [-0.25, -0.2) is 9.38 Å². The molecule has 0 aliphatic rings. The molecular formula is C15H18F4IN5. The van der Waals surface area contributed by atoms with Gasteiger partial charge in [-0.1, -0.05) is 6.07 Å². The first-order valence-electron chi connectivity index (χ1n) is 7.26. The van der Waals surface area contributed by atoms with Crippen molar-refractivity contribution in [2.45, 2.75) is 26.2 Å². The standard InChI is InChI=1S/C15H17F4N5.HI/c1-2-20-14(22-9-12-5-6-23-24-12)21-8-10-3-4-11(16)7-13(10)15(17,18)19;/h3-7H,2,8-9H2,1H3,(H,23,24)(H2,20,21,22);1H. The third kappa shape index (κ3) is 6.52. The zero-order valence-corrected chi connectivity index (χ0v) is 15.7. The van der Waals surface area contributed by atoms with Gasteiger partial charge in [0.05, 0.1) is 24.3 Å². The average molecular weight is 471 g/mol. The van der Waals surface area contributed by atoms with Crippen LogP contribution in [0.1, 0.15) is 23.7 Å². The van der Waals surface area contributed by atoms with E-state index in [1.807, 2.05) is 6.92 Å². The molecule has 0 saturated heterocycles. The van der Waals surface area contributed by atoms with Crippen LogP contribution in [-0.4, -0.2) is 22.7 Å². The Morgan fingerprint density at radius 1 is 1.24 bits per heavy atom. The molecule has 2 rings (SSSR count). The Morgan fingerprint density at radius 3 is 2.60 bits per heavy atom. The number of hydrogen-bond acceptors (Lipinski definition) is 2. The van der Waals surface area contributed by atoms with Crippen molar-refractivity contribution >= 4 is 29.9 Å². The van der Waals surface area contributed by atoms with Gasteiger partial charge in [0.1, 0.15) is 5.82 Å². The minimum Gasteiger partial charge on any atom is -0.357 e. The van der Waals surface area contributed by atoms with Crippen molar-refractivity contribution in [1.29, 1.82) is 0 Å². The topological polar surface area (TPSA) is 65.1 Å². The van der Waals surface area contributed by atoms with E-state index in [9.17, 15) is 17.6 Å². The summed E-state index contributed by atoms with van der Waals surface area (Å²) in [6, 6.07) is 4.33. The Morgan fingerprint density at radius 2 is 2.00 bits per heavy atom. The molecule has 5 nitrogen and oxygen atoms in total. The van der Waals surface area contributed by atoms with Crippen LogP contribution in [0.3, 0.4) is 0 Å². The lowest BCUT2D eigenvalue weighted by atomic mass is 10.1. The van der Waals surface area contributed by atoms with Crippen molar-refractivity contribution in [3.63, 3.8) is 0 Å². The first-order valence-corrected chi connectivity index (χ1v) is 7.26. The van der Waals surface area contributed by atoms with Gasteiger partial charge in [-0.15, -0.1) is 24.0 Å². The highest BCUT2D eigenvalue weighted by Gasteiger charge is 2.33. The van der Waals surface area contributed by atoms with Gasteiger partial charge in [0.2, 0.25) is 0 Å². The van der Waals surface area contributed by atoms with Crippen LogP contribution in [0.4, 0.5) is 17.6 Å². The van der Waals surface area contributed by atoms with Gasteiger partial charge in [0, 0.05) is 12.7 Å². The first kappa shape index (κ1) is 21.2. The average Bonchev–Trinajstić information content (AvgIpc) is 3.03. The molecule has 0 amide bonds. The van der Waals surface area contributed by atoms with Crippen molar-refractivity contribution in [2.24, 2.45) is 4.99 Å². The number of aromatic amines is 1. The Kier molecular flexibility index (Phi) is 8.13. The molecule has 0 spiro atoms. The van der Waals surface area contributed by atoms with E-state index in [2.05, 4.69) is 25.8 Å². The van der Waals surface area contributed by atoms with Crippen LogP contribution >= 0.6 is 24.0 Å². The maximum atomic E-state index is 13.1. The van der Waals surface area contributed by atoms with Crippen molar-refractivity contribution in [3.05, 3.63) is 53.1 Å². The van der Waals surface area contributed by atoms with E-state index in [4.69, 9.17) is 0 Å². The van der Waals surface area contributed by atoms with Crippen molar-refractivity contribution in [2.75, 3.05) is 6.54 Å². The van der Waals surface area contributed by atoms with Gasteiger partial charge < -0.3 is 10.6 Å². The Balaban J connectivity index is 0.00000312. The molecule has 1 aromatic heterocycles. The Bertz CT molecular complexity index is 686. The fourth-order valence-electron chi connectivity index (χ4n) is 2.02. The number of aliphatic imine (C=N–C) groups is 1. The molecule has 1 heterocycles. The summed E-state index contributed by atoms with van der Waals surface area (Å²) in [4.78, 5) is 4.12. The van der Waals surface area contributed by atoms with Crippen LogP contribution in [0.2, 0.25) is 0 Å². The van der Waals surface area contributed by atoms with Crippen molar-refractivity contribution < 1.29 is 17.6 Å². The second-order valence-electron chi connectivity index (χ2n) is 4.93. The van der Waals surface area contributed by atoms with E-state index < -0.39 is 17.6 Å². The molecule has 138 valence electrons. The third-order valence-electron chi connectivity index (χ3n) is 3.13. The number of nitrogens with one attached hydrogen (secondary N) is 3. The van der Waals surface area contributed by atoms with Gasteiger partial charge in [0.15, 0.2) is 5.96 Å². The first-order chi connectivity index (χ1) is 11.4. The zero-order valence-electron chi connectivity index (χ0n) is 13.3. The lowest BCUT2D eigenvalue weighted by Gasteiger charge is -2.13. The smallest absolute Gasteiger partial charge is 0.357 e. The van der Waals surface area contributed by atoms with Crippen molar-refractivity contribution in [1.82, 2.24) is 20.8 Å². The lowest BCUT2D eigenvalue weighted by Crippen LogP contribution is -2.36. The summed E-state index contributed by atoms with van der Waals surface area (Å²) in [5, 5.41) is 12.5. The van der Waals surface area contributed by atoms with E-state index in [0.717, 1.165) is 17.8 Å². The number of H-pyrrole nitrogens is 1. The molecule has 3 N–H and O–H groups in total. The predicted molar refractivity (Wildman–Crippen MR) is 97.1 cm³/mol. The monoisotopic (exact) mass is 471 g/mol. The number of guanidine groups is 1. The molecule has 0 aliphatic carbocycles. The van der Waals surface area contributed by atoms with Gasteiger partial charge >= 0.3 is 6.18 Å². The minimum atomic E-state index is -4.63. The summed E-state index contributed by atoms with van der Waals surface area (Å²) >= 11 is 0. The fraction of sp³-hybridized carbons (Fsp3) is 0.333. The largest absolute Gasteiger partial charge is 0.416 e. The van der Waals surface area contributed by atoms with E-state index in [1.54, 1.807) is 12.3 Å². The molecule has 0 atom stereocenters. The molecule has 0 bridgehead atoms. The van der Waals surface area contributed by atoms with Crippen LogP contribution in [0.15, 0.2) is 35.5 Å². The molecule has 0 unspecified atom stereocenters. The summed E-state index contributed by atoms with van der Waals surface area (Å²) in [6.07, 6.45) is -3.04. The van der Waals surface area contributed by atoms with Crippen LogP contribution < -0.4 is 10.6 Å². The van der Waals surface area contributed by atoms with Crippen LogP contribution in [-0.2, 0) is 19.3 Å². The number of hydrogen-bond donors (Lipinski definition) is 3. The molecule has 0 fully saturated rings. The van der Waals surface area contributed by atoms with Gasteiger partial charge in [0.25, 0.3) is 0 Å². The maximum Gasteiger partial charge on any atom is 0.416 e. The summed E-state index contributed by atoms with van der Waals surface area (Å²) in [5.74, 6) is -0.580. The van der Waals surface area contributed by atoms with Gasteiger partial charge in [-0.05, 0) is 30.7 Å². The quantitative estimate of drug-likeness (QED) is 0.271. The van der Waals surface area contributed by atoms with E-state index in [1.165, 1.54) is 0 Å². The normalized spacial score (nSPS) is 11.8.